The summed E-state index contributed by atoms with van der Waals surface area (Å²) in [7, 11) is 0. The predicted molar refractivity (Wildman–Crippen MR) is 64.2 cm³/mol. The van der Waals surface area contributed by atoms with Gasteiger partial charge in [-0.15, -0.1) is 0 Å². The third-order valence-electron chi connectivity index (χ3n) is 4.17. The molecule has 2 aliphatic rings. The fraction of sp³-hybridized carbons (Fsp3) is 0.750. The minimum Gasteiger partial charge on any atom is -0.384 e. The Bertz CT molecular complexity index is 384. The molecular formula is C12H20N4. The monoisotopic (exact) mass is 220 g/mol. The topological polar surface area (TPSA) is 47.1 Å². The predicted octanol–water partition coefficient (Wildman–Crippen LogP) is 1.57. The fourth-order valence-corrected chi connectivity index (χ4v) is 3.17. The lowest BCUT2D eigenvalue weighted by Gasteiger charge is -2.35. The van der Waals surface area contributed by atoms with Gasteiger partial charge in [-0.05, 0) is 39.2 Å². The highest BCUT2D eigenvalue weighted by molar-refractivity contribution is 5.37. The Hall–Kier alpha value is -1.03. The number of piperidine rings is 1. The van der Waals surface area contributed by atoms with Crippen LogP contribution in [0.3, 0.4) is 0 Å². The molecule has 2 atom stereocenters. The molecule has 1 aromatic rings. The lowest BCUT2D eigenvalue weighted by molar-refractivity contribution is 0.150. The van der Waals surface area contributed by atoms with Gasteiger partial charge >= 0.3 is 0 Å². The van der Waals surface area contributed by atoms with Crippen molar-refractivity contribution in [2.24, 2.45) is 0 Å². The smallest absolute Gasteiger partial charge is 0.124 e. The number of nitrogens with zero attached hydrogens (tertiary/aromatic N) is 3. The number of fused-ring (bicyclic) bond motifs is 1. The number of nitrogen functional groups attached to an aromatic ring is 1. The SMILES string of the molecule is Cc1cnn(C2CCN3CCCC3C2)c1N. The van der Waals surface area contributed by atoms with Gasteiger partial charge in [-0.1, -0.05) is 0 Å². The largest absolute Gasteiger partial charge is 0.384 e. The van der Waals surface area contributed by atoms with Crippen molar-refractivity contribution in [1.29, 1.82) is 0 Å². The van der Waals surface area contributed by atoms with Crippen molar-refractivity contribution in [3.8, 4) is 0 Å². The number of hydrogen-bond donors (Lipinski definition) is 1. The van der Waals surface area contributed by atoms with Crippen LogP contribution in [0.4, 0.5) is 5.82 Å². The summed E-state index contributed by atoms with van der Waals surface area (Å²) >= 11 is 0. The second kappa shape index (κ2) is 3.77. The second-order valence-electron chi connectivity index (χ2n) is 5.17. The van der Waals surface area contributed by atoms with Gasteiger partial charge in [0.05, 0.1) is 12.2 Å². The zero-order valence-corrected chi connectivity index (χ0v) is 9.89. The van der Waals surface area contributed by atoms with E-state index < -0.39 is 0 Å². The first kappa shape index (κ1) is 10.1. The van der Waals surface area contributed by atoms with Crippen molar-refractivity contribution in [3.63, 3.8) is 0 Å². The van der Waals surface area contributed by atoms with Gasteiger partial charge in [-0.3, -0.25) is 0 Å². The molecule has 0 amide bonds. The molecule has 3 rings (SSSR count). The van der Waals surface area contributed by atoms with Crippen molar-refractivity contribution in [2.75, 3.05) is 18.8 Å². The normalized spacial score (nSPS) is 30.6. The third-order valence-corrected chi connectivity index (χ3v) is 4.17. The highest BCUT2D eigenvalue weighted by atomic mass is 15.3. The van der Waals surface area contributed by atoms with Crippen molar-refractivity contribution >= 4 is 5.82 Å². The van der Waals surface area contributed by atoms with Gasteiger partial charge in [0.25, 0.3) is 0 Å². The van der Waals surface area contributed by atoms with Crippen molar-refractivity contribution in [3.05, 3.63) is 11.8 Å². The Morgan fingerprint density at radius 3 is 2.94 bits per heavy atom. The molecule has 0 bridgehead atoms. The molecule has 2 fully saturated rings. The molecule has 88 valence electrons. The summed E-state index contributed by atoms with van der Waals surface area (Å²) in [6.45, 7) is 4.54. The van der Waals surface area contributed by atoms with E-state index in [1.54, 1.807) is 0 Å². The van der Waals surface area contributed by atoms with Crippen molar-refractivity contribution in [2.45, 2.75) is 44.7 Å². The van der Waals surface area contributed by atoms with Crippen LogP contribution in [-0.2, 0) is 0 Å². The van der Waals surface area contributed by atoms with Gasteiger partial charge in [-0.2, -0.15) is 5.10 Å². The standard InChI is InChI=1S/C12H20N4/c1-9-8-14-16(12(9)13)11-4-6-15-5-2-3-10(15)7-11/h8,10-11H,2-7,13H2,1H3. The van der Waals surface area contributed by atoms with Crippen LogP contribution in [0, 0.1) is 6.92 Å². The fourth-order valence-electron chi connectivity index (χ4n) is 3.17. The molecule has 4 heteroatoms. The summed E-state index contributed by atoms with van der Waals surface area (Å²) in [5.41, 5.74) is 7.16. The summed E-state index contributed by atoms with van der Waals surface area (Å²) in [6, 6.07) is 1.30. The number of hydrogen-bond acceptors (Lipinski definition) is 3. The lowest BCUT2D eigenvalue weighted by Crippen LogP contribution is -2.39. The van der Waals surface area contributed by atoms with E-state index in [9.17, 15) is 0 Å². The minimum absolute atomic E-state index is 0.521. The lowest BCUT2D eigenvalue weighted by atomic mass is 9.98. The van der Waals surface area contributed by atoms with Crippen LogP contribution >= 0.6 is 0 Å². The molecule has 4 nitrogen and oxygen atoms in total. The number of nitrogens with two attached hydrogens (primary N) is 1. The van der Waals surface area contributed by atoms with Gasteiger partial charge in [0, 0.05) is 18.2 Å². The maximum atomic E-state index is 6.06. The maximum Gasteiger partial charge on any atom is 0.124 e. The minimum atomic E-state index is 0.521. The summed E-state index contributed by atoms with van der Waals surface area (Å²) in [6.07, 6.45) is 7.03. The van der Waals surface area contributed by atoms with E-state index in [1.165, 1.54) is 38.8 Å². The van der Waals surface area contributed by atoms with Gasteiger partial charge in [0.2, 0.25) is 0 Å². The van der Waals surface area contributed by atoms with E-state index in [1.807, 2.05) is 17.8 Å². The van der Waals surface area contributed by atoms with Crippen LogP contribution < -0.4 is 5.73 Å². The summed E-state index contributed by atoms with van der Waals surface area (Å²) in [5.74, 6) is 0.858. The molecule has 1 aromatic heterocycles. The molecular weight excluding hydrogens is 200 g/mol. The number of rotatable bonds is 1. The van der Waals surface area contributed by atoms with Crippen LogP contribution in [-0.4, -0.2) is 33.8 Å². The van der Waals surface area contributed by atoms with E-state index in [-0.39, 0.29) is 0 Å². The van der Waals surface area contributed by atoms with Crippen molar-refractivity contribution < 1.29 is 0 Å². The summed E-state index contributed by atoms with van der Waals surface area (Å²) in [4.78, 5) is 2.63. The Morgan fingerprint density at radius 1 is 1.31 bits per heavy atom. The van der Waals surface area contributed by atoms with Crippen LogP contribution in [0.2, 0.25) is 0 Å². The van der Waals surface area contributed by atoms with Crippen molar-refractivity contribution in [1.82, 2.24) is 14.7 Å². The van der Waals surface area contributed by atoms with Gasteiger partial charge in [0.1, 0.15) is 5.82 Å². The average Bonchev–Trinajstić information content (AvgIpc) is 2.86. The van der Waals surface area contributed by atoms with E-state index >= 15 is 0 Å². The molecule has 0 aromatic carbocycles. The molecule has 2 N–H and O–H groups in total. The second-order valence-corrected chi connectivity index (χ2v) is 5.17. The molecule has 0 radical (unpaired) electrons. The quantitative estimate of drug-likeness (QED) is 0.781. The molecule has 2 unspecified atom stereocenters. The zero-order chi connectivity index (χ0) is 11.1. The molecule has 2 aliphatic heterocycles. The first-order chi connectivity index (χ1) is 7.75. The number of aryl methyl sites for hydroxylation is 1. The van der Waals surface area contributed by atoms with Crippen LogP contribution in [0.15, 0.2) is 6.20 Å². The van der Waals surface area contributed by atoms with E-state index in [4.69, 9.17) is 5.73 Å². The summed E-state index contributed by atoms with van der Waals surface area (Å²) < 4.78 is 2.05. The maximum absolute atomic E-state index is 6.06. The first-order valence-electron chi connectivity index (χ1n) is 6.29. The highest BCUT2D eigenvalue weighted by Gasteiger charge is 2.33. The average molecular weight is 220 g/mol. The van der Waals surface area contributed by atoms with Crippen LogP contribution in [0.25, 0.3) is 0 Å². The van der Waals surface area contributed by atoms with Crippen LogP contribution in [0.1, 0.15) is 37.3 Å². The Morgan fingerprint density at radius 2 is 2.19 bits per heavy atom. The molecule has 0 spiro atoms. The third kappa shape index (κ3) is 1.52. The van der Waals surface area contributed by atoms with E-state index in [0.29, 0.717) is 6.04 Å². The van der Waals surface area contributed by atoms with Gasteiger partial charge < -0.3 is 10.6 Å². The molecule has 16 heavy (non-hydrogen) atoms. The van der Waals surface area contributed by atoms with Gasteiger partial charge in [-0.25, -0.2) is 4.68 Å². The number of anilines is 1. The molecule has 2 saturated heterocycles. The molecule has 3 heterocycles. The van der Waals surface area contributed by atoms with Gasteiger partial charge in [0.15, 0.2) is 0 Å². The summed E-state index contributed by atoms with van der Waals surface area (Å²) in [5, 5.41) is 4.43. The number of aromatic nitrogens is 2. The van der Waals surface area contributed by atoms with Crippen LogP contribution in [0.5, 0.6) is 0 Å². The van der Waals surface area contributed by atoms with E-state index in [2.05, 4.69) is 10.00 Å². The zero-order valence-electron chi connectivity index (χ0n) is 9.89. The Labute approximate surface area is 96.4 Å². The highest BCUT2D eigenvalue weighted by Crippen LogP contribution is 2.34. The Kier molecular flexibility index (Phi) is 2.39. The molecule has 0 aliphatic carbocycles. The first-order valence-corrected chi connectivity index (χ1v) is 6.29. The van der Waals surface area contributed by atoms with E-state index in [0.717, 1.165) is 17.4 Å². The molecule has 0 saturated carbocycles. The Balaban J connectivity index is 1.79.